The Bertz CT molecular complexity index is 396. The maximum Gasteiger partial charge on any atom is 0.220 e. The molecule has 0 saturated carbocycles. The third-order valence-electron chi connectivity index (χ3n) is 3.60. The number of aryl methyl sites for hydroxylation is 1. The zero-order valence-corrected chi connectivity index (χ0v) is 11.7. The molecule has 1 aliphatic heterocycles. The molecule has 1 atom stereocenters. The Hall–Kier alpha value is -1.36. The van der Waals surface area contributed by atoms with Crippen LogP contribution in [0, 0.1) is 12.8 Å². The zero-order valence-electron chi connectivity index (χ0n) is 11.7. The molecule has 0 radical (unpaired) electrons. The van der Waals surface area contributed by atoms with Crippen molar-refractivity contribution in [1.82, 2.24) is 20.4 Å². The van der Waals surface area contributed by atoms with E-state index in [1.807, 2.05) is 24.0 Å². The van der Waals surface area contributed by atoms with E-state index in [2.05, 4.69) is 15.7 Å². The second-order valence-corrected chi connectivity index (χ2v) is 5.38. The number of aromatic nitrogens is 2. The van der Waals surface area contributed by atoms with Crippen LogP contribution in [0.1, 0.15) is 31.2 Å². The van der Waals surface area contributed by atoms with E-state index in [4.69, 9.17) is 0 Å². The van der Waals surface area contributed by atoms with E-state index >= 15 is 0 Å². The van der Waals surface area contributed by atoms with Crippen LogP contribution in [0.5, 0.6) is 0 Å². The number of piperidine rings is 1. The largest absolute Gasteiger partial charge is 0.354 e. The first-order chi connectivity index (χ1) is 9.24. The molecule has 5 nitrogen and oxygen atoms in total. The molecule has 1 fully saturated rings. The number of hydrogen-bond acceptors (Lipinski definition) is 3. The van der Waals surface area contributed by atoms with E-state index in [-0.39, 0.29) is 5.91 Å². The Morgan fingerprint density at radius 2 is 2.53 bits per heavy atom. The van der Waals surface area contributed by atoms with Gasteiger partial charge in [0, 0.05) is 19.2 Å². The molecule has 0 spiro atoms. The Balaban J connectivity index is 1.56. The number of hydrogen-bond donors (Lipinski definition) is 2. The third-order valence-corrected chi connectivity index (χ3v) is 3.60. The summed E-state index contributed by atoms with van der Waals surface area (Å²) in [4.78, 5) is 11.7. The van der Waals surface area contributed by atoms with Gasteiger partial charge in [0.25, 0.3) is 0 Å². The minimum atomic E-state index is 0.162. The standard InChI is InChI=1S/C14H24N4O/c1-12-9-17-18(11-12)8-7-16-14(19)5-4-13-3-2-6-15-10-13/h9,11,13,15H,2-8,10H2,1H3,(H,16,19). The summed E-state index contributed by atoms with van der Waals surface area (Å²) in [6.45, 7) is 5.61. The molecule has 1 saturated heterocycles. The Kier molecular flexibility index (Phi) is 5.39. The number of carbonyl (C=O) groups excluding carboxylic acids is 1. The summed E-state index contributed by atoms with van der Waals surface area (Å²) >= 11 is 0. The van der Waals surface area contributed by atoms with Gasteiger partial charge in [-0.25, -0.2) is 0 Å². The molecule has 0 bridgehead atoms. The van der Waals surface area contributed by atoms with E-state index in [0.717, 1.165) is 31.6 Å². The average molecular weight is 264 g/mol. The highest BCUT2D eigenvalue weighted by Gasteiger charge is 2.14. The zero-order chi connectivity index (χ0) is 13.5. The molecule has 1 aromatic rings. The second kappa shape index (κ2) is 7.28. The van der Waals surface area contributed by atoms with Crippen LogP contribution in [0.25, 0.3) is 0 Å². The fourth-order valence-electron chi connectivity index (χ4n) is 2.49. The first-order valence-electron chi connectivity index (χ1n) is 7.20. The molecule has 2 heterocycles. The molecule has 1 aromatic heterocycles. The molecule has 1 aliphatic rings. The first-order valence-corrected chi connectivity index (χ1v) is 7.20. The SMILES string of the molecule is Cc1cnn(CCNC(=O)CCC2CCCNC2)c1. The molecule has 1 amide bonds. The van der Waals surface area contributed by atoms with E-state index in [1.165, 1.54) is 12.8 Å². The number of nitrogens with one attached hydrogen (secondary N) is 2. The summed E-state index contributed by atoms with van der Waals surface area (Å²) in [7, 11) is 0. The predicted octanol–water partition coefficient (Wildman–Crippen LogP) is 1.09. The average Bonchev–Trinajstić information content (AvgIpc) is 2.83. The highest BCUT2D eigenvalue weighted by atomic mass is 16.1. The summed E-state index contributed by atoms with van der Waals surface area (Å²) in [5.41, 5.74) is 1.15. The van der Waals surface area contributed by atoms with Crippen LogP contribution < -0.4 is 10.6 Å². The monoisotopic (exact) mass is 264 g/mol. The third kappa shape index (κ3) is 5.03. The van der Waals surface area contributed by atoms with Gasteiger partial charge in [0.15, 0.2) is 0 Å². The molecule has 106 valence electrons. The number of rotatable bonds is 6. The lowest BCUT2D eigenvalue weighted by Crippen LogP contribution is -2.32. The van der Waals surface area contributed by atoms with Crippen LogP contribution in [0.4, 0.5) is 0 Å². The van der Waals surface area contributed by atoms with E-state index in [0.29, 0.717) is 18.9 Å². The quantitative estimate of drug-likeness (QED) is 0.808. The van der Waals surface area contributed by atoms with Crippen molar-refractivity contribution < 1.29 is 4.79 Å². The number of amides is 1. The van der Waals surface area contributed by atoms with Gasteiger partial charge in [-0.15, -0.1) is 0 Å². The van der Waals surface area contributed by atoms with Crippen molar-refractivity contribution in [3.05, 3.63) is 18.0 Å². The van der Waals surface area contributed by atoms with Crippen molar-refractivity contribution in [1.29, 1.82) is 0 Å². The summed E-state index contributed by atoms with van der Waals surface area (Å²) < 4.78 is 1.86. The summed E-state index contributed by atoms with van der Waals surface area (Å²) in [6.07, 6.45) is 7.96. The maximum absolute atomic E-state index is 11.7. The fourth-order valence-corrected chi connectivity index (χ4v) is 2.49. The van der Waals surface area contributed by atoms with Crippen LogP contribution in [0.2, 0.25) is 0 Å². The smallest absolute Gasteiger partial charge is 0.220 e. The van der Waals surface area contributed by atoms with Gasteiger partial charge in [-0.1, -0.05) is 0 Å². The summed E-state index contributed by atoms with van der Waals surface area (Å²) in [5, 5.41) is 10.5. The maximum atomic E-state index is 11.7. The van der Waals surface area contributed by atoms with Crippen molar-refractivity contribution >= 4 is 5.91 Å². The topological polar surface area (TPSA) is 59.0 Å². The molecule has 1 unspecified atom stereocenters. The molecule has 2 N–H and O–H groups in total. The molecular weight excluding hydrogens is 240 g/mol. The second-order valence-electron chi connectivity index (χ2n) is 5.38. The van der Waals surface area contributed by atoms with Gasteiger partial charge >= 0.3 is 0 Å². The van der Waals surface area contributed by atoms with Gasteiger partial charge < -0.3 is 10.6 Å². The predicted molar refractivity (Wildman–Crippen MR) is 74.8 cm³/mol. The van der Waals surface area contributed by atoms with Gasteiger partial charge in [-0.2, -0.15) is 5.10 Å². The van der Waals surface area contributed by atoms with Crippen LogP contribution >= 0.6 is 0 Å². The molecule has 2 rings (SSSR count). The lowest BCUT2D eigenvalue weighted by molar-refractivity contribution is -0.121. The van der Waals surface area contributed by atoms with Crippen LogP contribution in [0.3, 0.4) is 0 Å². The van der Waals surface area contributed by atoms with Crippen molar-refractivity contribution in [3.63, 3.8) is 0 Å². The Labute approximate surface area is 114 Å². The summed E-state index contributed by atoms with van der Waals surface area (Å²) in [5.74, 6) is 0.836. The molecular formula is C14H24N4O. The fraction of sp³-hybridized carbons (Fsp3) is 0.714. The van der Waals surface area contributed by atoms with Crippen molar-refractivity contribution in [2.75, 3.05) is 19.6 Å². The Morgan fingerprint density at radius 1 is 1.63 bits per heavy atom. The van der Waals surface area contributed by atoms with Crippen molar-refractivity contribution in [3.8, 4) is 0 Å². The molecule has 0 aromatic carbocycles. The molecule has 0 aliphatic carbocycles. The minimum absolute atomic E-state index is 0.162. The van der Waals surface area contributed by atoms with Crippen LogP contribution in [0.15, 0.2) is 12.4 Å². The minimum Gasteiger partial charge on any atom is -0.354 e. The van der Waals surface area contributed by atoms with Gasteiger partial charge in [0.05, 0.1) is 12.7 Å². The lowest BCUT2D eigenvalue weighted by Gasteiger charge is -2.22. The lowest BCUT2D eigenvalue weighted by atomic mass is 9.94. The molecule has 19 heavy (non-hydrogen) atoms. The normalized spacial score (nSPS) is 19.3. The highest BCUT2D eigenvalue weighted by molar-refractivity contribution is 5.75. The van der Waals surface area contributed by atoms with Gasteiger partial charge in [0.1, 0.15) is 0 Å². The first kappa shape index (κ1) is 14.1. The summed E-state index contributed by atoms with van der Waals surface area (Å²) in [6, 6.07) is 0. The van der Waals surface area contributed by atoms with E-state index in [9.17, 15) is 4.79 Å². The van der Waals surface area contributed by atoms with Crippen LogP contribution in [-0.2, 0) is 11.3 Å². The van der Waals surface area contributed by atoms with E-state index < -0.39 is 0 Å². The van der Waals surface area contributed by atoms with Crippen molar-refractivity contribution in [2.45, 2.75) is 39.2 Å². The number of carbonyl (C=O) groups is 1. The highest BCUT2D eigenvalue weighted by Crippen LogP contribution is 2.15. The molecule has 5 heteroatoms. The van der Waals surface area contributed by atoms with Gasteiger partial charge in [-0.3, -0.25) is 9.48 Å². The Morgan fingerprint density at radius 3 is 3.21 bits per heavy atom. The van der Waals surface area contributed by atoms with Crippen molar-refractivity contribution in [2.24, 2.45) is 5.92 Å². The van der Waals surface area contributed by atoms with Gasteiger partial charge in [-0.05, 0) is 50.8 Å². The van der Waals surface area contributed by atoms with Crippen LogP contribution in [-0.4, -0.2) is 35.3 Å². The van der Waals surface area contributed by atoms with E-state index in [1.54, 1.807) is 0 Å². The van der Waals surface area contributed by atoms with Gasteiger partial charge in [0.2, 0.25) is 5.91 Å². The number of nitrogens with zero attached hydrogens (tertiary/aromatic N) is 2.